The summed E-state index contributed by atoms with van der Waals surface area (Å²) in [4.78, 5) is 6.18. The maximum atomic E-state index is 13.4. The van der Waals surface area contributed by atoms with Gasteiger partial charge in [0.2, 0.25) is 0 Å². The maximum absolute atomic E-state index is 13.4. The van der Waals surface area contributed by atoms with Gasteiger partial charge in [-0.2, -0.15) is 0 Å². The summed E-state index contributed by atoms with van der Waals surface area (Å²) in [7, 11) is 0. The number of hydrogen-bond acceptors (Lipinski definition) is 5. The average molecular weight is 385 g/mol. The molecule has 0 bridgehead atoms. The largest absolute Gasteiger partial charge is 0.390 e. The highest BCUT2D eigenvalue weighted by atomic mass is 19.1. The Kier molecular flexibility index (Phi) is 5.92. The van der Waals surface area contributed by atoms with Crippen LogP contribution in [0.5, 0.6) is 0 Å². The van der Waals surface area contributed by atoms with E-state index in [1.165, 1.54) is 23.3 Å². The van der Waals surface area contributed by atoms with Gasteiger partial charge in [0.15, 0.2) is 0 Å². The van der Waals surface area contributed by atoms with Crippen LogP contribution in [0, 0.1) is 5.82 Å². The number of piperazine rings is 1. The maximum Gasteiger partial charge on any atom is 0.125 e. The van der Waals surface area contributed by atoms with Crippen LogP contribution < -0.4 is 4.90 Å². The van der Waals surface area contributed by atoms with Gasteiger partial charge in [-0.3, -0.25) is 9.80 Å². The molecule has 0 saturated carbocycles. The normalized spacial score (nSPS) is 22.1. The van der Waals surface area contributed by atoms with Crippen LogP contribution in [0.2, 0.25) is 0 Å². The molecule has 0 radical (unpaired) electrons. The van der Waals surface area contributed by atoms with Crippen molar-refractivity contribution < 1.29 is 14.6 Å². The Labute approximate surface area is 165 Å². The molecule has 28 heavy (non-hydrogen) atoms. The minimum Gasteiger partial charge on any atom is -0.390 e. The topological polar surface area (TPSA) is 50.2 Å². The van der Waals surface area contributed by atoms with Crippen molar-refractivity contribution in [2.45, 2.75) is 25.3 Å². The third kappa shape index (κ3) is 4.52. The number of aliphatic hydroxyl groups is 2. The number of nitrogens with zero attached hydrogens (tertiary/aromatic N) is 3. The van der Waals surface area contributed by atoms with Gasteiger partial charge in [0.25, 0.3) is 0 Å². The Hall–Kier alpha value is -1.99. The van der Waals surface area contributed by atoms with E-state index < -0.39 is 12.3 Å². The molecule has 1 fully saturated rings. The molecule has 0 amide bonds. The van der Waals surface area contributed by atoms with E-state index in [-0.39, 0.29) is 5.82 Å². The molecule has 4 rings (SSSR count). The van der Waals surface area contributed by atoms with Crippen molar-refractivity contribution in [1.29, 1.82) is 0 Å². The molecule has 0 spiro atoms. The fraction of sp³-hybridized carbons (Fsp3) is 0.455. The first-order chi connectivity index (χ1) is 13.6. The predicted octanol–water partition coefficient (Wildman–Crippen LogP) is 1.69. The lowest BCUT2D eigenvalue weighted by Crippen LogP contribution is -2.56. The lowest BCUT2D eigenvalue weighted by atomic mass is 10.00. The molecule has 0 aliphatic carbocycles. The lowest BCUT2D eigenvalue weighted by molar-refractivity contribution is -0.0346. The van der Waals surface area contributed by atoms with Gasteiger partial charge in [0.1, 0.15) is 12.0 Å². The SMILES string of the molecule is OC(CN1CCc2ccccc2C1)CN1CCN(c2cccc(F)c2)CC1O. The summed E-state index contributed by atoms with van der Waals surface area (Å²) in [5.41, 5.74) is 3.52. The van der Waals surface area contributed by atoms with Gasteiger partial charge in [-0.25, -0.2) is 4.39 Å². The Bertz CT molecular complexity index is 803. The van der Waals surface area contributed by atoms with E-state index in [1.54, 1.807) is 6.07 Å². The first-order valence-electron chi connectivity index (χ1n) is 9.98. The second-order valence-electron chi connectivity index (χ2n) is 7.81. The summed E-state index contributed by atoms with van der Waals surface area (Å²) in [6.45, 7) is 4.60. The average Bonchev–Trinajstić information content (AvgIpc) is 2.69. The summed E-state index contributed by atoms with van der Waals surface area (Å²) in [5, 5.41) is 21.1. The van der Waals surface area contributed by atoms with Gasteiger partial charge in [0, 0.05) is 45.0 Å². The van der Waals surface area contributed by atoms with E-state index in [4.69, 9.17) is 0 Å². The quantitative estimate of drug-likeness (QED) is 0.820. The van der Waals surface area contributed by atoms with E-state index in [9.17, 15) is 14.6 Å². The highest BCUT2D eigenvalue weighted by Crippen LogP contribution is 2.21. The minimum atomic E-state index is -0.672. The number of fused-ring (bicyclic) bond motifs is 1. The van der Waals surface area contributed by atoms with Gasteiger partial charge >= 0.3 is 0 Å². The van der Waals surface area contributed by atoms with Gasteiger partial charge < -0.3 is 15.1 Å². The molecule has 1 saturated heterocycles. The number of aliphatic hydroxyl groups excluding tert-OH is 2. The Morgan fingerprint density at radius 1 is 1.00 bits per heavy atom. The van der Waals surface area contributed by atoms with Crippen molar-refractivity contribution in [3.8, 4) is 0 Å². The van der Waals surface area contributed by atoms with E-state index in [0.29, 0.717) is 32.7 Å². The van der Waals surface area contributed by atoms with Crippen molar-refractivity contribution in [2.75, 3.05) is 44.2 Å². The molecule has 2 aromatic carbocycles. The van der Waals surface area contributed by atoms with Crippen LogP contribution in [0.4, 0.5) is 10.1 Å². The molecule has 150 valence electrons. The highest BCUT2D eigenvalue weighted by Gasteiger charge is 2.28. The van der Waals surface area contributed by atoms with Crippen LogP contribution in [0.1, 0.15) is 11.1 Å². The van der Waals surface area contributed by atoms with Crippen LogP contribution in [0.25, 0.3) is 0 Å². The zero-order valence-electron chi connectivity index (χ0n) is 16.0. The number of β-amino-alcohol motifs (C(OH)–C–C–N with tert-alkyl or cyclic N) is 2. The third-order valence-corrected chi connectivity index (χ3v) is 5.76. The van der Waals surface area contributed by atoms with Gasteiger partial charge in [0.05, 0.1) is 12.6 Å². The molecule has 2 N–H and O–H groups in total. The molecule has 5 nitrogen and oxygen atoms in total. The van der Waals surface area contributed by atoms with E-state index in [0.717, 1.165) is 25.2 Å². The summed E-state index contributed by atoms with van der Waals surface area (Å²) in [6.07, 6.45) is -0.174. The number of benzene rings is 2. The summed E-state index contributed by atoms with van der Waals surface area (Å²) in [5.74, 6) is -0.270. The summed E-state index contributed by atoms with van der Waals surface area (Å²) in [6, 6.07) is 14.9. The van der Waals surface area contributed by atoms with Gasteiger partial charge in [-0.1, -0.05) is 30.3 Å². The summed E-state index contributed by atoms with van der Waals surface area (Å²) < 4.78 is 13.4. The molecule has 6 heteroatoms. The van der Waals surface area contributed by atoms with Crippen LogP contribution in [0.3, 0.4) is 0 Å². The Morgan fingerprint density at radius 2 is 1.82 bits per heavy atom. The van der Waals surface area contributed by atoms with Crippen LogP contribution >= 0.6 is 0 Å². The molecule has 2 aliphatic heterocycles. The number of hydrogen-bond donors (Lipinski definition) is 2. The van der Waals surface area contributed by atoms with Crippen LogP contribution in [-0.2, 0) is 13.0 Å². The monoisotopic (exact) mass is 385 g/mol. The summed E-state index contributed by atoms with van der Waals surface area (Å²) >= 11 is 0. The smallest absolute Gasteiger partial charge is 0.125 e. The highest BCUT2D eigenvalue weighted by molar-refractivity contribution is 5.47. The first kappa shape index (κ1) is 19.3. The molecular weight excluding hydrogens is 357 g/mol. The van der Waals surface area contributed by atoms with Crippen molar-refractivity contribution in [3.05, 3.63) is 65.5 Å². The molecular formula is C22H28FN3O2. The molecule has 2 aliphatic rings. The molecule has 2 unspecified atom stereocenters. The zero-order valence-corrected chi connectivity index (χ0v) is 16.0. The number of anilines is 1. The van der Waals surface area contributed by atoms with E-state index in [2.05, 4.69) is 29.2 Å². The van der Waals surface area contributed by atoms with Gasteiger partial charge in [-0.05, 0) is 35.7 Å². The van der Waals surface area contributed by atoms with Crippen molar-refractivity contribution in [2.24, 2.45) is 0 Å². The standard InChI is InChI=1S/C22H28FN3O2/c23-19-6-3-7-20(12-19)25-10-11-26(22(28)16-25)15-21(27)14-24-9-8-17-4-1-2-5-18(17)13-24/h1-7,12,21-22,27-28H,8-11,13-16H2. The van der Waals surface area contributed by atoms with E-state index in [1.807, 2.05) is 15.9 Å². The number of rotatable bonds is 5. The lowest BCUT2D eigenvalue weighted by Gasteiger charge is -2.41. The van der Waals surface area contributed by atoms with Crippen molar-refractivity contribution in [3.63, 3.8) is 0 Å². The van der Waals surface area contributed by atoms with Gasteiger partial charge in [-0.15, -0.1) is 0 Å². The van der Waals surface area contributed by atoms with Crippen LogP contribution in [0.15, 0.2) is 48.5 Å². The second-order valence-corrected chi connectivity index (χ2v) is 7.81. The first-order valence-corrected chi connectivity index (χ1v) is 9.98. The predicted molar refractivity (Wildman–Crippen MR) is 108 cm³/mol. The fourth-order valence-electron chi connectivity index (χ4n) is 4.26. The molecule has 2 heterocycles. The van der Waals surface area contributed by atoms with Crippen molar-refractivity contribution >= 4 is 5.69 Å². The van der Waals surface area contributed by atoms with E-state index >= 15 is 0 Å². The Balaban J connectivity index is 1.28. The van der Waals surface area contributed by atoms with Crippen molar-refractivity contribution in [1.82, 2.24) is 9.80 Å². The molecule has 2 aromatic rings. The Morgan fingerprint density at radius 3 is 2.61 bits per heavy atom. The molecule has 2 atom stereocenters. The van der Waals surface area contributed by atoms with Crippen LogP contribution in [-0.4, -0.2) is 71.6 Å². The minimum absolute atomic E-state index is 0.270. The number of halogens is 1. The third-order valence-electron chi connectivity index (χ3n) is 5.76. The molecule has 0 aromatic heterocycles. The second kappa shape index (κ2) is 8.57. The fourth-order valence-corrected chi connectivity index (χ4v) is 4.26. The zero-order chi connectivity index (χ0) is 19.5.